The van der Waals surface area contributed by atoms with Crippen LogP contribution >= 0.6 is 0 Å². The molecule has 5 nitrogen and oxygen atoms in total. The Bertz CT molecular complexity index is 362. The molecule has 1 atom stereocenters. The molecule has 31 heavy (non-hydrogen) atoms. The van der Waals surface area contributed by atoms with Crippen LogP contribution in [0.2, 0.25) is 0 Å². The molecule has 0 aliphatic heterocycles. The summed E-state index contributed by atoms with van der Waals surface area (Å²) in [6.45, 7) is 5.84. The van der Waals surface area contributed by atoms with E-state index in [9.17, 15) is 4.79 Å². The van der Waals surface area contributed by atoms with Gasteiger partial charge in [-0.2, -0.15) is 0 Å². The van der Waals surface area contributed by atoms with Crippen molar-refractivity contribution in [2.45, 2.75) is 136 Å². The molecule has 0 spiro atoms. The first-order valence-electron chi connectivity index (χ1n) is 13.3. The molecule has 0 saturated heterocycles. The highest BCUT2D eigenvalue weighted by Gasteiger charge is 2.18. The minimum absolute atomic E-state index is 0.240. The number of rotatable bonds is 26. The predicted octanol–water partition coefficient (Wildman–Crippen LogP) is 7.51. The van der Waals surface area contributed by atoms with Crippen LogP contribution in [0, 0.1) is 0 Å². The van der Waals surface area contributed by atoms with Crippen molar-refractivity contribution in [1.29, 1.82) is 0 Å². The Labute approximate surface area is 192 Å². The number of carboxylic acids is 1. The Morgan fingerprint density at radius 2 is 0.968 bits per heavy atom. The van der Waals surface area contributed by atoms with E-state index in [4.69, 9.17) is 19.3 Å². The fraction of sp³-hybridized carbons (Fsp3) is 0.962. The largest absolute Gasteiger partial charge is 0.477 e. The summed E-state index contributed by atoms with van der Waals surface area (Å²) < 4.78 is 15.7. The highest BCUT2D eigenvalue weighted by Crippen LogP contribution is 2.14. The summed E-state index contributed by atoms with van der Waals surface area (Å²) in [5.41, 5.74) is 0. The minimum Gasteiger partial charge on any atom is -0.477 e. The average Bonchev–Trinajstić information content (AvgIpc) is 2.76. The Balaban J connectivity index is 3.26. The number of unbranched alkanes of at least 4 members (excludes halogenated alkanes) is 17. The molecule has 0 aromatic heterocycles. The van der Waals surface area contributed by atoms with Gasteiger partial charge in [0.25, 0.3) is 6.29 Å². The third kappa shape index (κ3) is 23.8. The minimum atomic E-state index is -1.17. The fourth-order valence-electron chi connectivity index (χ4n) is 3.74. The van der Waals surface area contributed by atoms with Crippen molar-refractivity contribution < 1.29 is 24.1 Å². The molecule has 1 N–H and O–H groups in total. The molecular formula is C26H52O5. The predicted molar refractivity (Wildman–Crippen MR) is 129 cm³/mol. The van der Waals surface area contributed by atoms with Gasteiger partial charge in [-0.25, -0.2) is 4.79 Å². The van der Waals surface area contributed by atoms with Crippen LogP contribution in [0.3, 0.4) is 0 Å². The van der Waals surface area contributed by atoms with Gasteiger partial charge >= 0.3 is 5.97 Å². The smallest absolute Gasteiger partial charge is 0.361 e. The van der Waals surface area contributed by atoms with E-state index in [0.29, 0.717) is 19.8 Å². The second-order valence-electron chi connectivity index (χ2n) is 8.62. The zero-order chi connectivity index (χ0) is 22.8. The number of ether oxygens (including phenoxy) is 3. The van der Waals surface area contributed by atoms with E-state index in [2.05, 4.69) is 6.92 Å². The molecule has 1 unspecified atom stereocenters. The van der Waals surface area contributed by atoms with Crippen LogP contribution in [0.4, 0.5) is 0 Å². The third-order valence-corrected chi connectivity index (χ3v) is 5.67. The van der Waals surface area contributed by atoms with Gasteiger partial charge in [0.2, 0.25) is 0 Å². The van der Waals surface area contributed by atoms with E-state index < -0.39 is 12.3 Å². The lowest BCUT2D eigenvalue weighted by Gasteiger charge is -2.14. The normalized spacial score (nSPS) is 12.3. The van der Waals surface area contributed by atoms with E-state index >= 15 is 0 Å². The molecule has 0 saturated carbocycles. The van der Waals surface area contributed by atoms with Gasteiger partial charge in [-0.1, -0.05) is 116 Å². The molecule has 0 aliphatic rings. The molecule has 0 heterocycles. The van der Waals surface area contributed by atoms with Crippen molar-refractivity contribution in [1.82, 2.24) is 0 Å². The molecule has 0 radical (unpaired) electrons. The Morgan fingerprint density at radius 3 is 1.35 bits per heavy atom. The first kappa shape index (κ1) is 30.4. The second-order valence-corrected chi connectivity index (χ2v) is 8.62. The number of carbonyl (C=O) groups is 1. The van der Waals surface area contributed by atoms with Crippen LogP contribution in [0.15, 0.2) is 0 Å². The van der Waals surface area contributed by atoms with Crippen LogP contribution in [-0.2, 0) is 19.0 Å². The van der Waals surface area contributed by atoms with Gasteiger partial charge in [0.05, 0.1) is 19.8 Å². The van der Waals surface area contributed by atoms with Gasteiger partial charge < -0.3 is 19.3 Å². The lowest BCUT2D eigenvalue weighted by molar-refractivity contribution is -0.192. The summed E-state index contributed by atoms with van der Waals surface area (Å²) in [5.74, 6) is -1.07. The highest BCUT2D eigenvalue weighted by atomic mass is 16.7. The van der Waals surface area contributed by atoms with Gasteiger partial charge in [-0.05, 0) is 13.3 Å². The lowest BCUT2D eigenvalue weighted by Crippen LogP contribution is -2.29. The van der Waals surface area contributed by atoms with Crippen molar-refractivity contribution in [2.24, 2.45) is 0 Å². The van der Waals surface area contributed by atoms with Crippen LogP contribution in [0.5, 0.6) is 0 Å². The summed E-state index contributed by atoms with van der Waals surface area (Å²) in [4.78, 5) is 11.1. The first-order chi connectivity index (χ1) is 15.2. The Hall–Kier alpha value is -0.650. The maximum Gasteiger partial charge on any atom is 0.361 e. The number of hydrogen-bond donors (Lipinski definition) is 1. The molecule has 0 amide bonds. The number of hydrogen-bond acceptors (Lipinski definition) is 4. The standard InChI is InChI=1S/C26H52O5/c1-3-5-6-7-8-9-10-11-12-13-14-15-16-17-18-19-20-21-22-30-26(25(27)28)31-24-23-29-4-2/h26H,3-24H2,1-2H3,(H,27,28). The van der Waals surface area contributed by atoms with Crippen molar-refractivity contribution in [3.05, 3.63) is 0 Å². The quantitative estimate of drug-likeness (QED) is 0.110. The zero-order valence-electron chi connectivity index (χ0n) is 20.7. The second kappa shape index (κ2) is 25.6. The first-order valence-corrected chi connectivity index (χ1v) is 13.3. The molecule has 5 heteroatoms. The van der Waals surface area contributed by atoms with Gasteiger partial charge in [0.15, 0.2) is 0 Å². The molecule has 186 valence electrons. The SMILES string of the molecule is CCCCCCCCCCCCCCCCCCCCOC(OCCOCC)C(=O)O. The van der Waals surface area contributed by atoms with E-state index in [-0.39, 0.29) is 6.61 Å². The molecular weight excluding hydrogens is 392 g/mol. The maximum absolute atomic E-state index is 11.1. The van der Waals surface area contributed by atoms with E-state index in [1.54, 1.807) is 0 Å². The molecule has 0 aliphatic carbocycles. The van der Waals surface area contributed by atoms with Crippen LogP contribution in [-0.4, -0.2) is 43.8 Å². The summed E-state index contributed by atoms with van der Waals surface area (Å²) in [7, 11) is 0. The average molecular weight is 445 g/mol. The van der Waals surface area contributed by atoms with Crippen molar-refractivity contribution in [3.8, 4) is 0 Å². The van der Waals surface area contributed by atoms with E-state index in [0.717, 1.165) is 12.8 Å². The fourth-order valence-corrected chi connectivity index (χ4v) is 3.74. The topological polar surface area (TPSA) is 65.0 Å². The molecule has 0 fully saturated rings. The molecule has 0 rings (SSSR count). The Kier molecular flexibility index (Phi) is 25.1. The molecule has 0 aromatic carbocycles. The number of aliphatic carboxylic acids is 1. The lowest BCUT2D eigenvalue weighted by atomic mass is 10.0. The summed E-state index contributed by atoms with van der Waals surface area (Å²) in [6, 6.07) is 0. The van der Waals surface area contributed by atoms with Crippen LogP contribution in [0.1, 0.15) is 129 Å². The van der Waals surface area contributed by atoms with Crippen LogP contribution < -0.4 is 0 Å². The van der Waals surface area contributed by atoms with Gasteiger partial charge in [-0.3, -0.25) is 0 Å². The third-order valence-electron chi connectivity index (χ3n) is 5.67. The summed E-state index contributed by atoms with van der Waals surface area (Å²) in [5, 5.41) is 9.09. The molecule has 0 bridgehead atoms. The van der Waals surface area contributed by atoms with Gasteiger partial charge in [0.1, 0.15) is 0 Å². The molecule has 0 aromatic rings. The van der Waals surface area contributed by atoms with Crippen molar-refractivity contribution in [2.75, 3.05) is 26.4 Å². The number of carboxylic acid groups (broad SMARTS) is 1. The summed E-state index contributed by atoms with van der Waals surface area (Å²) in [6.07, 6.45) is 22.9. The zero-order valence-corrected chi connectivity index (χ0v) is 20.7. The van der Waals surface area contributed by atoms with Crippen LogP contribution in [0.25, 0.3) is 0 Å². The van der Waals surface area contributed by atoms with E-state index in [1.807, 2.05) is 6.92 Å². The van der Waals surface area contributed by atoms with Gasteiger partial charge in [-0.15, -0.1) is 0 Å². The highest BCUT2D eigenvalue weighted by molar-refractivity contribution is 5.70. The van der Waals surface area contributed by atoms with Gasteiger partial charge in [0, 0.05) is 6.61 Å². The Morgan fingerprint density at radius 1 is 0.581 bits per heavy atom. The monoisotopic (exact) mass is 444 g/mol. The summed E-state index contributed by atoms with van der Waals surface area (Å²) >= 11 is 0. The maximum atomic E-state index is 11.1. The van der Waals surface area contributed by atoms with Crippen molar-refractivity contribution >= 4 is 5.97 Å². The van der Waals surface area contributed by atoms with E-state index in [1.165, 1.54) is 103 Å². The van der Waals surface area contributed by atoms with Crippen molar-refractivity contribution in [3.63, 3.8) is 0 Å².